The van der Waals surface area contributed by atoms with Gasteiger partial charge in [-0.1, -0.05) is 35.9 Å². The zero-order valence-corrected chi connectivity index (χ0v) is 17.0. The van der Waals surface area contributed by atoms with Gasteiger partial charge in [0.1, 0.15) is 0 Å². The first-order valence-electron chi connectivity index (χ1n) is 10.1. The highest BCUT2D eigenvalue weighted by Gasteiger charge is 2.28. The standard InChI is InChI=1S/C26H22O4/c1-29-25(27)17-5-3-15-7-21-14-24-12-20-10-18(26(28)30-2)6-4-16(20)8-22(24)13-23(21)11-19(15)9-17/h3-7,9-12,22H,8,13-14H2,1-2H3. The van der Waals surface area contributed by atoms with Crippen LogP contribution in [0.4, 0.5) is 0 Å². The predicted molar refractivity (Wildman–Crippen MR) is 116 cm³/mol. The summed E-state index contributed by atoms with van der Waals surface area (Å²) < 4.78 is 9.72. The van der Waals surface area contributed by atoms with E-state index in [-0.39, 0.29) is 11.9 Å². The number of hydrogen-bond donors (Lipinski definition) is 0. The molecular weight excluding hydrogens is 376 g/mol. The SMILES string of the molecule is COC(=O)c1ccc2c(c1)C=C1Cc3cc4ccc(C(=O)OC)cc4cc3CC1C2. The number of methoxy groups -OCH3 is 2. The highest BCUT2D eigenvalue weighted by Crippen LogP contribution is 2.39. The molecule has 0 aromatic heterocycles. The lowest BCUT2D eigenvalue weighted by atomic mass is 9.72. The fourth-order valence-corrected chi connectivity index (χ4v) is 4.75. The van der Waals surface area contributed by atoms with Gasteiger partial charge in [0, 0.05) is 0 Å². The van der Waals surface area contributed by atoms with Crippen molar-refractivity contribution in [2.75, 3.05) is 14.2 Å². The minimum atomic E-state index is -0.310. The maximum absolute atomic E-state index is 11.9. The molecule has 0 radical (unpaired) electrons. The molecule has 0 bridgehead atoms. The second-order valence-electron chi connectivity index (χ2n) is 8.08. The Morgan fingerprint density at radius 1 is 0.767 bits per heavy atom. The van der Waals surface area contributed by atoms with Gasteiger partial charge in [-0.3, -0.25) is 0 Å². The number of carbonyl (C=O) groups is 2. The number of hydrogen-bond acceptors (Lipinski definition) is 4. The Morgan fingerprint density at radius 3 is 2.20 bits per heavy atom. The van der Waals surface area contributed by atoms with E-state index in [1.54, 1.807) is 0 Å². The first-order chi connectivity index (χ1) is 14.6. The number of allylic oxidation sites excluding steroid dienone is 1. The largest absolute Gasteiger partial charge is 0.465 e. The second kappa shape index (κ2) is 7.13. The van der Waals surface area contributed by atoms with E-state index in [4.69, 9.17) is 9.47 Å². The molecule has 0 spiro atoms. The topological polar surface area (TPSA) is 52.6 Å². The predicted octanol–water partition coefficient (Wildman–Crippen LogP) is 4.77. The van der Waals surface area contributed by atoms with Crippen molar-refractivity contribution in [2.45, 2.75) is 19.3 Å². The fourth-order valence-electron chi connectivity index (χ4n) is 4.75. The molecule has 0 amide bonds. The molecule has 3 aromatic carbocycles. The van der Waals surface area contributed by atoms with Crippen LogP contribution in [0.15, 0.2) is 54.1 Å². The van der Waals surface area contributed by atoms with Crippen LogP contribution in [0, 0.1) is 5.92 Å². The van der Waals surface area contributed by atoms with Gasteiger partial charge in [-0.25, -0.2) is 9.59 Å². The highest BCUT2D eigenvalue weighted by atomic mass is 16.5. The lowest BCUT2D eigenvalue weighted by molar-refractivity contribution is 0.0592. The Hall–Kier alpha value is -3.40. The van der Waals surface area contributed by atoms with Crippen molar-refractivity contribution >= 4 is 28.8 Å². The molecule has 4 nitrogen and oxygen atoms in total. The molecule has 5 rings (SSSR count). The molecule has 150 valence electrons. The molecule has 0 saturated carbocycles. The Balaban J connectivity index is 1.52. The maximum Gasteiger partial charge on any atom is 0.337 e. The number of esters is 2. The molecule has 0 fully saturated rings. The number of benzene rings is 3. The van der Waals surface area contributed by atoms with E-state index in [1.165, 1.54) is 36.5 Å². The van der Waals surface area contributed by atoms with E-state index in [0.29, 0.717) is 17.0 Å². The van der Waals surface area contributed by atoms with E-state index in [9.17, 15) is 9.59 Å². The van der Waals surface area contributed by atoms with Gasteiger partial charge in [0.25, 0.3) is 0 Å². The van der Waals surface area contributed by atoms with Crippen LogP contribution in [0.25, 0.3) is 16.8 Å². The van der Waals surface area contributed by atoms with Crippen molar-refractivity contribution in [3.05, 3.63) is 87.5 Å². The average Bonchev–Trinajstić information content (AvgIpc) is 2.78. The third-order valence-electron chi connectivity index (χ3n) is 6.34. The van der Waals surface area contributed by atoms with Gasteiger partial charge in [-0.15, -0.1) is 0 Å². The Bertz CT molecular complexity index is 1240. The van der Waals surface area contributed by atoms with Crippen LogP contribution in [-0.2, 0) is 28.7 Å². The summed E-state index contributed by atoms with van der Waals surface area (Å²) >= 11 is 0. The molecule has 0 saturated heterocycles. The zero-order valence-electron chi connectivity index (χ0n) is 17.0. The molecule has 0 N–H and O–H groups in total. The van der Waals surface area contributed by atoms with Crippen molar-refractivity contribution in [1.29, 1.82) is 0 Å². The molecule has 1 atom stereocenters. The molecule has 3 aromatic rings. The van der Waals surface area contributed by atoms with Crippen molar-refractivity contribution in [2.24, 2.45) is 5.92 Å². The van der Waals surface area contributed by atoms with Gasteiger partial charge in [0.2, 0.25) is 0 Å². The molecule has 2 aliphatic carbocycles. The summed E-state index contributed by atoms with van der Waals surface area (Å²) in [4.78, 5) is 23.8. The van der Waals surface area contributed by atoms with Crippen molar-refractivity contribution in [3.63, 3.8) is 0 Å². The summed E-state index contributed by atoms with van der Waals surface area (Å²) in [6, 6.07) is 16.0. The lowest BCUT2D eigenvalue weighted by Crippen LogP contribution is -2.22. The highest BCUT2D eigenvalue weighted by molar-refractivity contribution is 5.96. The van der Waals surface area contributed by atoms with E-state index in [1.807, 2.05) is 36.4 Å². The van der Waals surface area contributed by atoms with Crippen LogP contribution in [0.1, 0.15) is 43.0 Å². The van der Waals surface area contributed by atoms with Crippen LogP contribution in [0.2, 0.25) is 0 Å². The molecule has 0 heterocycles. The van der Waals surface area contributed by atoms with Crippen molar-refractivity contribution < 1.29 is 19.1 Å². The van der Waals surface area contributed by atoms with Gasteiger partial charge in [-0.05, 0) is 82.5 Å². The van der Waals surface area contributed by atoms with Crippen molar-refractivity contribution in [3.8, 4) is 0 Å². The summed E-state index contributed by atoms with van der Waals surface area (Å²) in [6.45, 7) is 0. The average molecular weight is 398 g/mol. The minimum Gasteiger partial charge on any atom is -0.465 e. The Morgan fingerprint density at radius 2 is 1.43 bits per heavy atom. The molecule has 0 aliphatic heterocycles. The lowest BCUT2D eigenvalue weighted by Gasteiger charge is -2.32. The van der Waals surface area contributed by atoms with Gasteiger partial charge in [0.15, 0.2) is 0 Å². The number of rotatable bonds is 2. The van der Waals surface area contributed by atoms with E-state index >= 15 is 0 Å². The monoisotopic (exact) mass is 398 g/mol. The van der Waals surface area contributed by atoms with Gasteiger partial charge >= 0.3 is 11.9 Å². The third-order valence-corrected chi connectivity index (χ3v) is 6.34. The first kappa shape index (κ1) is 18.6. The van der Waals surface area contributed by atoms with Crippen LogP contribution in [0.5, 0.6) is 0 Å². The normalized spacial score (nSPS) is 16.7. The number of carbonyl (C=O) groups excluding carboxylic acids is 2. The smallest absolute Gasteiger partial charge is 0.337 e. The quantitative estimate of drug-likeness (QED) is 0.584. The molecule has 4 heteroatoms. The van der Waals surface area contributed by atoms with Gasteiger partial charge in [0.05, 0.1) is 25.3 Å². The maximum atomic E-state index is 11.9. The summed E-state index contributed by atoms with van der Waals surface area (Å²) in [5.74, 6) is -0.143. The van der Waals surface area contributed by atoms with Crippen molar-refractivity contribution in [1.82, 2.24) is 0 Å². The van der Waals surface area contributed by atoms with Crippen LogP contribution >= 0.6 is 0 Å². The molecule has 2 aliphatic rings. The second-order valence-corrected chi connectivity index (χ2v) is 8.08. The molecule has 1 unspecified atom stereocenters. The Kier molecular flexibility index (Phi) is 4.43. The summed E-state index contributed by atoms with van der Waals surface area (Å²) in [6.07, 6.45) is 5.13. The minimum absolute atomic E-state index is 0.301. The van der Waals surface area contributed by atoms with E-state index in [2.05, 4.69) is 18.2 Å². The van der Waals surface area contributed by atoms with Gasteiger partial charge in [-0.2, -0.15) is 0 Å². The van der Waals surface area contributed by atoms with Crippen LogP contribution in [-0.4, -0.2) is 26.2 Å². The number of ether oxygens (including phenoxy) is 2. The summed E-state index contributed by atoms with van der Waals surface area (Å²) in [5, 5.41) is 2.20. The fraction of sp³-hybridized carbons (Fsp3) is 0.231. The molecule has 30 heavy (non-hydrogen) atoms. The summed E-state index contributed by atoms with van der Waals surface area (Å²) in [5.41, 5.74) is 7.67. The zero-order chi connectivity index (χ0) is 20.8. The third kappa shape index (κ3) is 3.09. The molecular formula is C26H22O4. The van der Waals surface area contributed by atoms with E-state index < -0.39 is 0 Å². The van der Waals surface area contributed by atoms with Crippen LogP contribution < -0.4 is 0 Å². The van der Waals surface area contributed by atoms with Crippen LogP contribution in [0.3, 0.4) is 0 Å². The summed E-state index contributed by atoms with van der Waals surface area (Å²) in [7, 11) is 2.81. The number of fused-ring (bicyclic) bond motifs is 4. The Labute approximate surface area is 175 Å². The van der Waals surface area contributed by atoms with Gasteiger partial charge < -0.3 is 9.47 Å². The van der Waals surface area contributed by atoms with E-state index in [0.717, 1.165) is 35.6 Å². The first-order valence-corrected chi connectivity index (χ1v) is 10.1.